The van der Waals surface area contributed by atoms with Crippen LogP contribution in [0.15, 0.2) is 27.8 Å². The molecular weight excluding hydrogens is 505 g/mol. The Labute approximate surface area is 204 Å². The van der Waals surface area contributed by atoms with E-state index >= 15 is 0 Å². The largest absolute Gasteiger partial charge is 0.468 e. The Morgan fingerprint density at radius 1 is 1.13 bits per heavy atom. The lowest BCUT2D eigenvalue weighted by molar-refractivity contribution is -0.122. The molecule has 1 aromatic heterocycles. The van der Waals surface area contributed by atoms with Gasteiger partial charge in [-0.2, -0.15) is 0 Å². The van der Waals surface area contributed by atoms with Crippen LogP contribution in [0.25, 0.3) is 0 Å². The number of aliphatic imine (C=N–C) groups is 1. The van der Waals surface area contributed by atoms with E-state index in [0.29, 0.717) is 32.0 Å². The first-order valence-electron chi connectivity index (χ1n) is 11.8. The zero-order valence-electron chi connectivity index (χ0n) is 18.9. The molecule has 2 fully saturated rings. The van der Waals surface area contributed by atoms with Crippen molar-refractivity contribution in [3.05, 3.63) is 24.2 Å². The lowest BCUT2D eigenvalue weighted by Gasteiger charge is -2.24. The van der Waals surface area contributed by atoms with Crippen LogP contribution >= 0.6 is 24.0 Å². The summed E-state index contributed by atoms with van der Waals surface area (Å²) >= 11 is 0. The van der Waals surface area contributed by atoms with E-state index < -0.39 is 0 Å². The van der Waals surface area contributed by atoms with Crippen LogP contribution in [-0.4, -0.2) is 56.0 Å². The van der Waals surface area contributed by atoms with Crippen LogP contribution < -0.4 is 16.0 Å². The van der Waals surface area contributed by atoms with E-state index in [0.717, 1.165) is 31.4 Å². The van der Waals surface area contributed by atoms with Crippen molar-refractivity contribution in [2.75, 3.05) is 39.3 Å². The van der Waals surface area contributed by atoms with Gasteiger partial charge in [0, 0.05) is 26.1 Å². The second-order valence-corrected chi connectivity index (χ2v) is 8.48. The molecule has 1 saturated carbocycles. The molecule has 176 valence electrons. The maximum atomic E-state index is 12.2. The third-order valence-corrected chi connectivity index (χ3v) is 6.16. The normalized spacial score (nSPS) is 18.9. The van der Waals surface area contributed by atoms with E-state index in [1.165, 1.54) is 44.9 Å². The molecule has 3 N–H and O–H groups in total. The molecule has 1 amide bonds. The van der Waals surface area contributed by atoms with Crippen LogP contribution in [0.1, 0.15) is 70.1 Å². The molecule has 0 radical (unpaired) electrons. The number of rotatable bonds is 10. The van der Waals surface area contributed by atoms with E-state index in [-0.39, 0.29) is 35.9 Å². The molecule has 1 aromatic rings. The molecule has 7 nitrogen and oxygen atoms in total. The predicted molar refractivity (Wildman–Crippen MR) is 136 cm³/mol. The molecule has 8 heteroatoms. The number of hydrogen-bond donors (Lipinski definition) is 3. The highest BCUT2D eigenvalue weighted by Crippen LogP contribution is 2.26. The van der Waals surface area contributed by atoms with Gasteiger partial charge in [-0.1, -0.05) is 19.3 Å². The summed E-state index contributed by atoms with van der Waals surface area (Å²) in [5.41, 5.74) is 0. The second-order valence-electron chi connectivity index (χ2n) is 8.48. The summed E-state index contributed by atoms with van der Waals surface area (Å²) in [7, 11) is 0. The Morgan fingerprint density at radius 3 is 2.55 bits per heavy atom. The van der Waals surface area contributed by atoms with Crippen LogP contribution in [0.2, 0.25) is 0 Å². The van der Waals surface area contributed by atoms with Crippen molar-refractivity contribution in [3.8, 4) is 0 Å². The Hall–Kier alpha value is -1.29. The van der Waals surface area contributed by atoms with Gasteiger partial charge in [-0.3, -0.25) is 14.7 Å². The highest BCUT2D eigenvalue weighted by molar-refractivity contribution is 14.0. The van der Waals surface area contributed by atoms with Crippen LogP contribution in [0, 0.1) is 5.92 Å². The monoisotopic (exact) mass is 545 g/mol. The third-order valence-electron chi connectivity index (χ3n) is 6.16. The van der Waals surface area contributed by atoms with Gasteiger partial charge in [0.05, 0.1) is 18.8 Å². The van der Waals surface area contributed by atoms with Gasteiger partial charge in [0.15, 0.2) is 5.96 Å². The number of halogens is 1. The summed E-state index contributed by atoms with van der Waals surface area (Å²) in [4.78, 5) is 19.4. The number of hydrogen-bond acceptors (Lipinski definition) is 4. The fourth-order valence-electron chi connectivity index (χ4n) is 4.55. The minimum atomic E-state index is 0. The highest BCUT2D eigenvalue weighted by Gasteiger charge is 2.25. The van der Waals surface area contributed by atoms with Gasteiger partial charge in [0.25, 0.3) is 0 Å². The zero-order valence-corrected chi connectivity index (χ0v) is 21.2. The summed E-state index contributed by atoms with van der Waals surface area (Å²) in [6.45, 7) is 6.98. The standard InChI is InChI=1S/C23H39N5O2.HI/c1-2-24-23(26-13-12-25-22(29)17-19-9-4-3-5-10-19)27-18-20(21-11-8-16-30-21)28-14-6-7-15-28;/h8,11,16,19-20H,2-7,9-10,12-15,17-18H2,1H3,(H,25,29)(H2,24,26,27);1H. The maximum absolute atomic E-state index is 12.2. The molecule has 2 heterocycles. The number of nitrogens with zero attached hydrogens (tertiary/aromatic N) is 2. The number of likely N-dealkylation sites (tertiary alicyclic amines) is 1. The Bertz CT molecular complexity index is 640. The molecule has 1 atom stereocenters. The van der Waals surface area contributed by atoms with Crippen molar-refractivity contribution in [1.82, 2.24) is 20.9 Å². The molecule has 2 aliphatic rings. The molecule has 1 aliphatic heterocycles. The summed E-state index contributed by atoms with van der Waals surface area (Å²) in [6.07, 6.45) is 11.2. The van der Waals surface area contributed by atoms with Crippen molar-refractivity contribution < 1.29 is 9.21 Å². The van der Waals surface area contributed by atoms with Crippen LogP contribution in [0.4, 0.5) is 0 Å². The number of carbonyl (C=O) groups excluding carboxylic acids is 1. The maximum Gasteiger partial charge on any atom is 0.220 e. The molecule has 0 bridgehead atoms. The van der Waals surface area contributed by atoms with Crippen molar-refractivity contribution in [2.24, 2.45) is 10.9 Å². The molecule has 1 unspecified atom stereocenters. The number of carbonyl (C=O) groups is 1. The quantitative estimate of drug-likeness (QED) is 0.181. The minimum Gasteiger partial charge on any atom is -0.468 e. The summed E-state index contributed by atoms with van der Waals surface area (Å²) < 4.78 is 5.69. The van der Waals surface area contributed by atoms with Gasteiger partial charge in [0.1, 0.15) is 5.76 Å². The second kappa shape index (κ2) is 14.7. The number of guanidine groups is 1. The molecular formula is C23H40IN5O2. The molecule has 3 rings (SSSR count). The van der Waals surface area contributed by atoms with Crippen LogP contribution in [0.3, 0.4) is 0 Å². The fraction of sp³-hybridized carbons (Fsp3) is 0.739. The van der Waals surface area contributed by atoms with E-state index in [2.05, 4.69) is 27.8 Å². The average molecular weight is 546 g/mol. The first kappa shape index (κ1) is 26.0. The van der Waals surface area contributed by atoms with Gasteiger partial charge >= 0.3 is 0 Å². The SMILES string of the molecule is CCNC(=NCC(c1ccco1)N1CCCC1)NCCNC(=O)CC1CCCCC1.I. The summed E-state index contributed by atoms with van der Waals surface area (Å²) in [6, 6.07) is 4.16. The molecule has 1 saturated heterocycles. The Morgan fingerprint density at radius 2 is 1.87 bits per heavy atom. The molecule has 31 heavy (non-hydrogen) atoms. The molecule has 0 aromatic carbocycles. The fourth-order valence-corrected chi connectivity index (χ4v) is 4.55. The first-order valence-corrected chi connectivity index (χ1v) is 11.8. The van der Waals surface area contributed by atoms with E-state index in [1.54, 1.807) is 6.26 Å². The van der Waals surface area contributed by atoms with E-state index in [1.807, 2.05) is 12.1 Å². The van der Waals surface area contributed by atoms with Crippen molar-refractivity contribution in [2.45, 2.75) is 64.3 Å². The van der Waals surface area contributed by atoms with Crippen molar-refractivity contribution in [1.29, 1.82) is 0 Å². The summed E-state index contributed by atoms with van der Waals surface area (Å²) in [5.74, 6) is 2.52. The lowest BCUT2D eigenvalue weighted by atomic mass is 9.87. The van der Waals surface area contributed by atoms with Gasteiger partial charge in [0.2, 0.25) is 5.91 Å². The first-order chi connectivity index (χ1) is 14.8. The molecule has 1 aliphatic carbocycles. The lowest BCUT2D eigenvalue weighted by Crippen LogP contribution is -2.42. The smallest absolute Gasteiger partial charge is 0.220 e. The number of furan rings is 1. The van der Waals surface area contributed by atoms with Crippen LogP contribution in [0.5, 0.6) is 0 Å². The predicted octanol–water partition coefficient (Wildman–Crippen LogP) is 3.68. The van der Waals surface area contributed by atoms with Gasteiger partial charge in [-0.15, -0.1) is 24.0 Å². The van der Waals surface area contributed by atoms with Crippen LogP contribution in [-0.2, 0) is 4.79 Å². The third kappa shape index (κ3) is 9.00. The Balaban J connectivity index is 0.00000341. The van der Waals surface area contributed by atoms with Gasteiger partial charge in [-0.25, -0.2) is 0 Å². The average Bonchev–Trinajstić information content (AvgIpc) is 3.47. The van der Waals surface area contributed by atoms with Gasteiger partial charge < -0.3 is 20.4 Å². The molecule has 0 spiro atoms. The van der Waals surface area contributed by atoms with E-state index in [4.69, 9.17) is 9.41 Å². The van der Waals surface area contributed by atoms with Gasteiger partial charge in [-0.05, 0) is 63.7 Å². The number of amides is 1. The summed E-state index contributed by atoms with van der Waals surface area (Å²) in [5, 5.41) is 9.70. The van der Waals surface area contributed by atoms with Crippen molar-refractivity contribution in [3.63, 3.8) is 0 Å². The topological polar surface area (TPSA) is 81.9 Å². The zero-order chi connectivity index (χ0) is 21.0. The minimum absolute atomic E-state index is 0. The Kier molecular flexibility index (Phi) is 12.3. The highest BCUT2D eigenvalue weighted by atomic mass is 127. The number of nitrogens with one attached hydrogen (secondary N) is 3. The van der Waals surface area contributed by atoms with Crippen molar-refractivity contribution >= 4 is 35.8 Å². The van der Waals surface area contributed by atoms with E-state index in [9.17, 15) is 4.79 Å².